The third-order valence-electron chi connectivity index (χ3n) is 3.82. The molecular formula is C20H25ClN2O. The van der Waals surface area contributed by atoms with Crippen LogP contribution in [0.5, 0.6) is 0 Å². The lowest BCUT2D eigenvalue weighted by atomic mass is 9.87. The van der Waals surface area contributed by atoms with Gasteiger partial charge < -0.3 is 10.6 Å². The van der Waals surface area contributed by atoms with Crippen LogP contribution in [0.1, 0.15) is 31.9 Å². The zero-order valence-corrected chi connectivity index (χ0v) is 15.3. The fourth-order valence-corrected chi connectivity index (χ4v) is 2.47. The third kappa shape index (κ3) is 5.99. The molecule has 24 heavy (non-hydrogen) atoms. The maximum atomic E-state index is 12.0. The van der Waals surface area contributed by atoms with Gasteiger partial charge in [-0.15, -0.1) is 0 Å². The number of carbonyl (C=O) groups excluding carboxylic acids is 1. The number of benzene rings is 2. The van der Waals surface area contributed by atoms with Crippen molar-refractivity contribution in [3.8, 4) is 0 Å². The number of amides is 1. The molecule has 2 aromatic rings. The van der Waals surface area contributed by atoms with Crippen LogP contribution in [0.25, 0.3) is 0 Å². The summed E-state index contributed by atoms with van der Waals surface area (Å²) in [4.78, 5) is 12.0. The predicted molar refractivity (Wildman–Crippen MR) is 102 cm³/mol. The zero-order valence-electron chi connectivity index (χ0n) is 14.5. The highest BCUT2D eigenvalue weighted by Crippen LogP contribution is 2.23. The summed E-state index contributed by atoms with van der Waals surface area (Å²) >= 11 is 5.86. The van der Waals surface area contributed by atoms with Crippen LogP contribution in [-0.4, -0.2) is 19.0 Å². The first kappa shape index (κ1) is 18.5. The zero-order chi connectivity index (χ0) is 17.6. The predicted octanol–water partition coefficient (Wildman–Crippen LogP) is 4.41. The largest absolute Gasteiger partial charge is 0.325 e. The first-order valence-electron chi connectivity index (χ1n) is 8.20. The number of hydrogen-bond donors (Lipinski definition) is 2. The molecule has 4 heteroatoms. The van der Waals surface area contributed by atoms with Gasteiger partial charge in [-0.05, 0) is 53.8 Å². The fraction of sp³-hybridized carbons (Fsp3) is 0.350. The molecule has 0 saturated carbocycles. The molecule has 0 fully saturated rings. The Balaban J connectivity index is 1.72. The minimum absolute atomic E-state index is 0.0328. The van der Waals surface area contributed by atoms with E-state index in [1.165, 1.54) is 11.1 Å². The monoisotopic (exact) mass is 344 g/mol. The molecule has 0 atom stereocenters. The van der Waals surface area contributed by atoms with Gasteiger partial charge in [-0.2, -0.15) is 0 Å². The van der Waals surface area contributed by atoms with Crippen LogP contribution in [-0.2, 0) is 16.6 Å². The standard InChI is InChI=1S/C20H25ClN2O/c1-20(2,3)16-6-10-18(11-7-16)23-19(24)14-22-13-12-15-4-8-17(21)9-5-15/h4-11,22H,12-14H2,1-3H3,(H,23,24). The molecule has 3 nitrogen and oxygen atoms in total. The fourth-order valence-electron chi connectivity index (χ4n) is 2.34. The lowest BCUT2D eigenvalue weighted by Gasteiger charge is -2.19. The van der Waals surface area contributed by atoms with Crippen molar-refractivity contribution >= 4 is 23.2 Å². The van der Waals surface area contributed by atoms with Crippen LogP contribution in [0.4, 0.5) is 5.69 Å². The minimum atomic E-state index is -0.0328. The van der Waals surface area contributed by atoms with E-state index in [1.54, 1.807) is 0 Å². The number of rotatable bonds is 6. The highest BCUT2D eigenvalue weighted by molar-refractivity contribution is 6.30. The summed E-state index contributed by atoms with van der Waals surface area (Å²) < 4.78 is 0. The second kappa shape index (κ2) is 8.32. The molecular weight excluding hydrogens is 320 g/mol. The molecule has 0 aliphatic heterocycles. The lowest BCUT2D eigenvalue weighted by Crippen LogP contribution is -2.29. The van der Waals surface area contributed by atoms with Crippen molar-refractivity contribution in [3.63, 3.8) is 0 Å². The molecule has 0 unspecified atom stereocenters. The van der Waals surface area contributed by atoms with Gasteiger partial charge in [0.05, 0.1) is 6.54 Å². The summed E-state index contributed by atoms with van der Waals surface area (Å²) in [5.74, 6) is -0.0328. The van der Waals surface area contributed by atoms with Gasteiger partial charge >= 0.3 is 0 Å². The summed E-state index contributed by atoms with van der Waals surface area (Å²) in [6.45, 7) is 7.56. The van der Waals surface area contributed by atoms with E-state index in [4.69, 9.17) is 11.6 Å². The molecule has 0 saturated heterocycles. The Morgan fingerprint density at radius 2 is 1.62 bits per heavy atom. The Morgan fingerprint density at radius 3 is 2.21 bits per heavy atom. The Kier molecular flexibility index (Phi) is 6.41. The maximum absolute atomic E-state index is 12.0. The van der Waals surface area contributed by atoms with E-state index in [0.717, 1.165) is 23.7 Å². The third-order valence-corrected chi connectivity index (χ3v) is 4.08. The first-order chi connectivity index (χ1) is 11.3. The molecule has 0 aliphatic rings. The average Bonchev–Trinajstić information content (AvgIpc) is 2.53. The molecule has 2 N–H and O–H groups in total. The topological polar surface area (TPSA) is 41.1 Å². The van der Waals surface area contributed by atoms with Crippen LogP contribution in [0.15, 0.2) is 48.5 Å². The highest BCUT2D eigenvalue weighted by Gasteiger charge is 2.13. The van der Waals surface area contributed by atoms with E-state index in [9.17, 15) is 4.79 Å². The molecule has 0 bridgehead atoms. The Morgan fingerprint density at radius 1 is 1.00 bits per heavy atom. The molecule has 0 radical (unpaired) electrons. The summed E-state index contributed by atoms with van der Waals surface area (Å²) in [5, 5.41) is 6.81. The molecule has 0 heterocycles. The second-order valence-electron chi connectivity index (χ2n) is 6.93. The number of anilines is 1. The quantitative estimate of drug-likeness (QED) is 0.762. The maximum Gasteiger partial charge on any atom is 0.238 e. The molecule has 2 aromatic carbocycles. The second-order valence-corrected chi connectivity index (χ2v) is 7.37. The SMILES string of the molecule is CC(C)(C)c1ccc(NC(=O)CNCCc2ccc(Cl)cc2)cc1. The molecule has 2 rings (SSSR count). The van der Waals surface area contributed by atoms with Crippen molar-refractivity contribution in [2.45, 2.75) is 32.6 Å². The summed E-state index contributed by atoms with van der Waals surface area (Å²) in [6.07, 6.45) is 0.866. The number of nitrogens with one attached hydrogen (secondary N) is 2. The van der Waals surface area contributed by atoms with Crippen LogP contribution in [0.2, 0.25) is 5.02 Å². The van der Waals surface area contributed by atoms with Gasteiger partial charge in [0.2, 0.25) is 5.91 Å². The first-order valence-corrected chi connectivity index (χ1v) is 8.58. The Labute approximate surface area is 149 Å². The number of halogens is 1. The molecule has 0 aliphatic carbocycles. The van der Waals surface area contributed by atoms with E-state index in [2.05, 4.69) is 43.5 Å². The van der Waals surface area contributed by atoms with E-state index >= 15 is 0 Å². The van der Waals surface area contributed by atoms with Crippen molar-refractivity contribution in [2.75, 3.05) is 18.4 Å². The van der Waals surface area contributed by atoms with Crippen LogP contribution >= 0.6 is 11.6 Å². The van der Waals surface area contributed by atoms with E-state index in [1.807, 2.05) is 36.4 Å². The summed E-state index contributed by atoms with van der Waals surface area (Å²) in [6, 6.07) is 15.8. The van der Waals surface area contributed by atoms with Gasteiger partial charge in [-0.25, -0.2) is 0 Å². The Hall–Kier alpha value is -1.84. The van der Waals surface area contributed by atoms with E-state index < -0.39 is 0 Å². The number of hydrogen-bond acceptors (Lipinski definition) is 2. The summed E-state index contributed by atoms with van der Waals surface area (Å²) in [5.41, 5.74) is 3.39. The number of carbonyl (C=O) groups is 1. The van der Waals surface area contributed by atoms with E-state index in [-0.39, 0.29) is 11.3 Å². The van der Waals surface area contributed by atoms with Crippen molar-refractivity contribution in [1.82, 2.24) is 5.32 Å². The molecule has 1 amide bonds. The van der Waals surface area contributed by atoms with Crippen molar-refractivity contribution < 1.29 is 4.79 Å². The normalized spacial score (nSPS) is 11.3. The average molecular weight is 345 g/mol. The van der Waals surface area contributed by atoms with E-state index in [0.29, 0.717) is 6.54 Å². The summed E-state index contributed by atoms with van der Waals surface area (Å²) in [7, 11) is 0. The van der Waals surface area contributed by atoms with Gasteiger partial charge in [0.1, 0.15) is 0 Å². The van der Waals surface area contributed by atoms with Gasteiger partial charge in [0.15, 0.2) is 0 Å². The highest BCUT2D eigenvalue weighted by atomic mass is 35.5. The van der Waals surface area contributed by atoms with Crippen molar-refractivity contribution in [2.24, 2.45) is 0 Å². The molecule has 0 spiro atoms. The van der Waals surface area contributed by atoms with Crippen LogP contribution < -0.4 is 10.6 Å². The van der Waals surface area contributed by atoms with Gasteiger partial charge in [-0.3, -0.25) is 4.79 Å². The molecule has 0 aromatic heterocycles. The van der Waals surface area contributed by atoms with Gasteiger partial charge in [-0.1, -0.05) is 56.6 Å². The lowest BCUT2D eigenvalue weighted by molar-refractivity contribution is -0.115. The van der Waals surface area contributed by atoms with Gasteiger partial charge in [0.25, 0.3) is 0 Å². The molecule has 128 valence electrons. The van der Waals surface area contributed by atoms with Crippen molar-refractivity contribution in [3.05, 3.63) is 64.7 Å². The van der Waals surface area contributed by atoms with Gasteiger partial charge in [0, 0.05) is 10.7 Å². The minimum Gasteiger partial charge on any atom is -0.325 e. The Bertz CT molecular complexity index is 658. The van der Waals surface area contributed by atoms with Crippen LogP contribution in [0, 0.1) is 0 Å². The smallest absolute Gasteiger partial charge is 0.238 e. The van der Waals surface area contributed by atoms with Crippen molar-refractivity contribution in [1.29, 1.82) is 0 Å². The van der Waals surface area contributed by atoms with Crippen LogP contribution in [0.3, 0.4) is 0 Å².